The van der Waals surface area contributed by atoms with E-state index < -0.39 is 5.97 Å². The first-order valence-corrected chi connectivity index (χ1v) is 7.49. The summed E-state index contributed by atoms with van der Waals surface area (Å²) in [5.41, 5.74) is 0. The van der Waals surface area contributed by atoms with Crippen molar-refractivity contribution in [3.05, 3.63) is 0 Å². The highest BCUT2D eigenvalue weighted by molar-refractivity contribution is 5.74. The first kappa shape index (κ1) is 15.1. The van der Waals surface area contributed by atoms with Crippen molar-refractivity contribution in [1.29, 1.82) is 0 Å². The molecule has 0 radical (unpaired) electrons. The monoisotopic (exact) mass is 284 g/mol. The molecular formula is C14H24N2O4. The maximum absolute atomic E-state index is 11.8. The van der Waals surface area contributed by atoms with Crippen LogP contribution in [0.2, 0.25) is 0 Å². The lowest BCUT2D eigenvalue weighted by Crippen LogP contribution is -2.48. The molecule has 0 spiro atoms. The van der Waals surface area contributed by atoms with Crippen LogP contribution in [0.5, 0.6) is 0 Å². The van der Waals surface area contributed by atoms with E-state index in [4.69, 9.17) is 5.11 Å². The van der Waals surface area contributed by atoms with Gasteiger partial charge in [0.2, 0.25) is 0 Å². The van der Waals surface area contributed by atoms with Crippen LogP contribution in [0.4, 0.5) is 4.79 Å². The van der Waals surface area contributed by atoms with Crippen LogP contribution in [0.1, 0.15) is 38.5 Å². The molecule has 2 saturated carbocycles. The standard InChI is InChI=1S/C14H24N2O4/c17-8-11(9-3-4-9)13(10-5-6-10)16-14(20)15-7-1-2-12(18)19/h9-11,13,17H,1-8H2,(H,18,19)(H2,15,16,20). The Bertz CT molecular complexity index is 353. The molecule has 2 atom stereocenters. The Balaban J connectivity index is 1.73. The van der Waals surface area contributed by atoms with Crippen molar-refractivity contribution >= 4 is 12.0 Å². The summed E-state index contributed by atoms with van der Waals surface area (Å²) in [6.45, 7) is 0.494. The van der Waals surface area contributed by atoms with Crippen LogP contribution >= 0.6 is 0 Å². The molecule has 4 N–H and O–H groups in total. The summed E-state index contributed by atoms with van der Waals surface area (Å²) < 4.78 is 0. The number of rotatable bonds is 9. The fourth-order valence-corrected chi connectivity index (χ4v) is 2.75. The molecule has 114 valence electrons. The van der Waals surface area contributed by atoms with Crippen molar-refractivity contribution in [3.63, 3.8) is 0 Å². The zero-order valence-corrected chi connectivity index (χ0v) is 11.7. The van der Waals surface area contributed by atoms with Gasteiger partial charge in [-0.2, -0.15) is 0 Å². The maximum atomic E-state index is 11.8. The zero-order chi connectivity index (χ0) is 14.5. The third-order valence-electron chi connectivity index (χ3n) is 4.18. The van der Waals surface area contributed by atoms with Gasteiger partial charge in [0.15, 0.2) is 0 Å². The third kappa shape index (κ3) is 4.67. The van der Waals surface area contributed by atoms with Crippen LogP contribution in [-0.4, -0.2) is 41.4 Å². The van der Waals surface area contributed by atoms with Gasteiger partial charge in [0.25, 0.3) is 0 Å². The number of aliphatic hydroxyl groups is 1. The van der Waals surface area contributed by atoms with E-state index >= 15 is 0 Å². The fraction of sp³-hybridized carbons (Fsp3) is 0.857. The molecule has 0 aromatic rings. The molecule has 20 heavy (non-hydrogen) atoms. The van der Waals surface area contributed by atoms with E-state index in [2.05, 4.69) is 10.6 Å². The van der Waals surface area contributed by atoms with Crippen LogP contribution in [0, 0.1) is 17.8 Å². The van der Waals surface area contributed by atoms with Gasteiger partial charge in [0, 0.05) is 31.5 Å². The van der Waals surface area contributed by atoms with Crippen LogP contribution in [-0.2, 0) is 4.79 Å². The number of amides is 2. The molecule has 2 rings (SSSR count). The molecule has 0 aromatic carbocycles. The summed E-state index contributed by atoms with van der Waals surface area (Å²) in [4.78, 5) is 22.2. The SMILES string of the molecule is O=C(O)CCCNC(=O)NC(C1CC1)C(CO)C1CC1. The summed E-state index contributed by atoms with van der Waals surface area (Å²) in [5.74, 6) is 0.375. The van der Waals surface area contributed by atoms with Gasteiger partial charge in [-0.1, -0.05) is 0 Å². The van der Waals surface area contributed by atoms with Crippen LogP contribution < -0.4 is 10.6 Å². The summed E-state index contributed by atoms with van der Waals surface area (Å²) in [7, 11) is 0. The lowest BCUT2D eigenvalue weighted by molar-refractivity contribution is -0.137. The molecule has 2 unspecified atom stereocenters. The minimum atomic E-state index is -0.850. The molecule has 2 fully saturated rings. The van der Waals surface area contributed by atoms with Crippen molar-refractivity contribution in [3.8, 4) is 0 Å². The normalized spacial score (nSPS) is 21.1. The van der Waals surface area contributed by atoms with Crippen molar-refractivity contribution in [2.24, 2.45) is 17.8 Å². The van der Waals surface area contributed by atoms with Crippen LogP contribution in [0.25, 0.3) is 0 Å². The van der Waals surface area contributed by atoms with E-state index in [1.54, 1.807) is 0 Å². The van der Waals surface area contributed by atoms with E-state index in [1.165, 1.54) is 0 Å². The number of carboxylic acid groups (broad SMARTS) is 1. The quantitative estimate of drug-likeness (QED) is 0.474. The summed E-state index contributed by atoms with van der Waals surface area (Å²) in [5, 5.41) is 23.7. The Morgan fingerprint density at radius 1 is 1.15 bits per heavy atom. The van der Waals surface area contributed by atoms with E-state index in [0.717, 1.165) is 25.7 Å². The van der Waals surface area contributed by atoms with Gasteiger partial charge in [-0.05, 0) is 43.9 Å². The lowest BCUT2D eigenvalue weighted by atomic mass is 9.92. The molecule has 0 aliphatic heterocycles. The van der Waals surface area contributed by atoms with E-state index in [1.807, 2.05) is 0 Å². The first-order valence-electron chi connectivity index (χ1n) is 7.49. The van der Waals surface area contributed by atoms with Crippen LogP contribution in [0.15, 0.2) is 0 Å². The van der Waals surface area contributed by atoms with Crippen LogP contribution in [0.3, 0.4) is 0 Å². The second kappa shape index (κ2) is 6.92. The molecular weight excluding hydrogens is 260 g/mol. The van der Waals surface area contributed by atoms with Gasteiger partial charge in [-0.3, -0.25) is 4.79 Å². The van der Waals surface area contributed by atoms with Crippen molar-refractivity contribution in [2.75, 3.05) is 13.2 Å². The topological polar surface area (TPSA) is 98.7 Å². The molecule has 0 bridgehead atoms. The number of urea groups is 1. The Morgan fingerprint density at radius 2 is 1.80 bits per heavy atom. The predicted octanol–water partition coefficient (Wildman–Crippen LogP) is 0.947. The Labute approximate surface area is 118 Å². The van der Waals surface area contributed by atoms with E-state index in [-0.39, 0.29) is 31.0 Å². The number of carboxylic acids is 1. The molecule has 2 aliphatic carbocycles. The van der Waals surface area contributed by atoms with Crippen molar-refractivity contribution < 1.29 is 19.8 Å². The molecule has 6 heteroatoms. The molecule has 6 nitrogen and oxygen atoms in total. The van der Waals surface area contributed by atoms with Gasteiger partial charge >= 0.3 is 12.0 Å². The highest BCUT2D eigenvalue weighted by atomic mass is 16.4. The number of nitrogens with one attached hydrogen (secondary N) is 2. The van der Waals surface area contributed by atoms with Gasteiger partial charge in [0.05, 0.1) is 0 Å². The number of hydrogen-bond donors (Lipinski definition) is 4. The minimum absolute atomic E-state index is 0.0620. The number of carbonyl (C=O) groups is 2. The second-order valence-electron chi connectivity index (χ2n) is 5.94. The number of aliphatic carboxylic acids is 1. The number of hydrogen-bond acceptors (Lipinski definition) is 3. The summed E-state index contributed by atoms with van der Waals surface area (Å²) in [6, 6.07) is -0.182. The van der Waals surface area contributed by atoms with Gasteiger partial charge in [0.1, 0.15) is 0 Å². The number of carbonyl (C=O) groups excluding carboxylic acids is 1. The Kier molecular flexibility index (Phi) is 5.23. The Hall–Kier alpha value is -1.30. The third-order valence-corrected chi connectivity index (χ3v) is 4.18. The number of aliphatic hydroxyl groups excluding tert-OH is 1. The molecule has 0 heterocycles. The average molecular weight is 284 g/mol. The van der Waals surface area contributed by atoms with Gasteiger partial charge in [-0.25, -0.2) is 4.79 Å². The second-order valence-corrected chi connectivity index (χ2v) is 5.94. The van der Waals surface area contributed by atoms with Crippen molar-refractivity contribution in [1.82, 2.24) is 10.6 Å². The van der Waals surface area contributed by atoms with Gasteiger partial charge < -0.3 is 20.8 Å². The molecule has 0 saturated heterocycles. The highest BCUT2D eigenvalue weighted by Gasteiger charge is 2.43. The molecule has 2 aliphatic rings. The average Bonchev–Trinajstić information content (AvgIpc) is 3.27. The maximum Gasteiger partial charge on any atom is 0.315 e. The summed E-state index contributed by atoms with van der Waals surface area (Å²) >= 11 is 0. The van der Waals surface area contributed by atoms with Crippen molar-refractivity contribution in [2.45, 2.75) is 44.6 Å². The lowest BCUT2D eigenvalue weighted by Gasteiger charge is -2.26. The zero-order valence-electron chi connectivity index (χ0n) is 11.7. The minimum Gasteiger partial charge on any atom is -0.481 e. The fourth-order valence-electron chi connectivity index (χ4n) is 2.75. The Morgan fingerprint density at radius 3 is 2.30 bits per heavy atom. The van der Waals surface area contributed by atoms with E-state index in [0.29, 0.717) is 24.8 Å². The van der Waals surface area contributed by atoms with E-state index in [9.17, 15) is 14.7 Å². The smallest absolute Gasteiger partial charge is 0.315 e. The highest BCUT2D eigenvalue weighted by Crippen LogP contribution is 2.44. The predicted molar refractivity (Wildman–Crippen MR) is 73.2 cm³/mol. The largest absolute Gasteiger partial charge is 0.481 e. The molecule has 2 amide bonds. The first-order chi connectivity index (χ1) is 9.61. The summed E-state index contributed by atoms with van der Waals surface area (Å²) in [6.07, 6.45) is 5.03. The molecule has 0 aromatic heterocycles. The van der Waals surface area contributed by atoms with Gasteiger partial charge in [-0.15, -0.1) is 0 Å².